The second kappa shape index (κ2) is 7.38. The summed E-state index contributed by atoms with van der Waals surface area (Å²) in [6.07, 6.45) is -1.31. The van der Waals surface area contributed by atoms with Gasteiger partial charge in [0.2, 0.25) is 0 Å². The summed E-state index contributed by atoms with van der Waals surface area (Å²) in [5, 5.41) is 0. The average molecular weight is 331 g/mol. The highest BCUT2D eigenvalue weighted by Gasteiger charge is 2.15. The van der Waals surface area contributed by atoms with Crippen molar-refractivity contribution in [3.8, 4) is 0 Å². The lowest BCUT2D eigenvalue weighted by Gasteiger charge is -2.11. The standard InChI is InChI=1S/C14H16BrFO3/c1-9-3-10(2)5-11(4-9)14(18)19-8-12(15)6-13(16)7-17/h3-5,7,12-13H,6,8H2,1-2H3/t12-,13+/m1/s1. The van der Waals surface area contributed by atoms with Gasteiger partial charge in [-0.2, -0.15) is 0 Å². The van der Waals surface area contributed by atoms with Crippen LogP contribution in [-0.4, -0.2) is 29.9 Å². The predicted molar refractivity (Wildman–Crippen MR) is 74.5 cm³/mol. The lowest BCUT2D eigenvalue weighted by molar-refractivity contribution is -0.112. The lowest BCUT2D eigenvalue weighted by atomic mass is 10.1. The number of aldehydes is 1. The first-order valence-corrected chi connectivity index (χ1v) is 6.82. The molecule has 0 heterocycles. The molecule has 0 fully saturated rings. The molecule has 3 nitrogen and oxygen atoms in total. The van der Waals surface area contributed by atoms with Crippen LogP contribution in [0, 0.1) is 13.8 Å². The molecule has 0 saturated carbocycles. The van der Waals surface area contributed by atoms with Gasteiger partial charge in [-0.05, 0) is 26.0 Å². The summed E-state index contributed by atoms with van der Waals surface area (Å²) in [6.45, 7) is 3.82. The normalized spacial score (nSPS) is 13.7. The fourth-order valence-corrected chi connectivity index (χ4v) is 2.20. The minimum Gasteiger partial charge on any atom is -0.461 e. The summed E-state index contributed by atoms with van der Waals surface area (Å²) in [7, 11) is 0. The van der Waals surface area contributed by atoms with E-state index in [-0.39, 0.29) is 24.1 Å². The Morgan fingerprint density at radius 3 is 2.47 bits per heavy atom. The number of rotatable bonds is 6. The molecule has 5 heteroatoms. The van der Waals surface area contributed by atoms with Crippen LogP contribution in [0.15, 0.2) is 18.2 Å². The fraction of sp³-hybridized carbons (Fsp3) is 0.429. The third kappa shape index (κ3) is 5.51. The number of halogens is 2. The summed E-state index contributed by atoms with van der Waals surface area (Å²) in [4.78, 5) is 21.6. The summed E-state index contributed by atoms with van der Waals surface area (Å²) in [5.74, 6) is -0.447. The van der Waals surface area contributed by atoms with E-state index in [1.807, 2.05) is 19.9 Å². The molecular formula is C14H16BrFO3. The summed E-state index contributed by atoms with van der Waals surface area (Å²) >= 11 is 3.17. The second-order valence-corrected chi connectivity index (χ2v) is 5.75. The van der Waals surface area contributed by atoms with Crippen LogP contribution >= 0.6 is 15.9 Å². The zero-order valence-corrected chi connectivity index (χ0v) is 12.4. The van der Waals surface area contributed by atoms with E-state index in [0.29, 0.717) is 5.56 Å². The number of alkyl halides is 2. The van der Waals surface area contributed by atoms with Crippen molar-refractivity contribution in [1.29, 1.82) is 0 Å². The van der Waals surface area contributed by atoms with Crippen LogP contribution in [0.3, 0.4) is 0 Å². The topological polar surface area (TPSA) is 43.4 Å². The van der Waals surface area contributed by atoms with Crippen LogP contribution in [0.25, 0.3) is 0 Å². The molecule has 104 valence electrons. The Bertz CT molecular complexity index is 442. The van der Waals surface area contributed by atoms with Crippen molar-refractivity contribution >= 4 is 28.2 Å². The maximum absolute atomic E-state index is 12.8. The van der Waals surface area contributed by atoms with Crippen LogP contribution in [0.1, 0.15) is 27.9 Å². The Balaban J connectivity index is 2.53. The molecule has 0 bridgehead atoms. The van der Waals surface area contributed by atoms with Crippen molar-refractivity contribution in [2.45, 2.75) is 31.3 Å². The Labute approximate surface area is 120 Å². The number of carbonyl (C=O) groups excluding carboxylic acids is 2. The molecule has 0 N–H and O–H groups in total. The molecule has 1 aromatic carbocycles. The number of hydrogen-bond donors (Lipinski definition) is 0. The van der Waals surface area contributed by atoms with E-state index in [1.165, 1.54) is 0 Å². The van der Waals surface area contributed by atoms with Gasteiger partial charge >= 0.3 is 5.97 Å². The van der Waals surface area contributed by atoms with Crippen molar-refractivity contribution in [1.82, 2.24) is 0 Å². The molecule has 2 atom stereocenters. The zero-order chi connectivity index (χ0) is 14.4. The molecule has 1 rings (SSSR count). The van der Waals surface area contributed by atoms with E-state index in [9.17, 15) is 14.0 Å². The molecule has 19 heavy (non-hydrogen) atoms. The molecule has 1 aromatic rings. The first-order valence-electron chi connectivity index (χ1n) is 5.91. The number of carbonyl (C=O) groups is 2. The molecule has 0 radical (unpaired) electrons. The number of hydrogen-bond acceptors (Lipinski definition) is 3. The van der Waals surface area contributed by atoms with Crippen molar-refractivity contribution < 1.29 is 18.7 Å². The summed E-state index contributed by atoms with van der Waals surface area (Å²) < 4.78 is 17.9. The molecule has 0 saturated heterocycles. The van der Waals surface area contributed by atoms with Gasteiger partial charge in [-0.25, -0.2) is 9.18 Å². The third-order valence-corrected chi connectivity index (χ3v) is 3.12. The van der Waals surface area contributed by atoms with Gasteiger partial charge in [0.1, 0.15) is 6.61 Å². The highest BCUT2D eigenvalue weighted by atomic mass is 79.9. The smallest absolute Gasteiger partial charge is 0.338 e. The highest BCUT2D eigenvalue weighted by molar-refractivity contribution is 9.09. The largest absolute Gasteiger partial charge is 0.461 e. The Hall–Kier alpha value is -1.23. The lowest BCUT2D eigenvalue weighted by Crippen LogP contribution is -2.18. The quantitative estimate of drug-likeness (QED) is 0.457. The number of benzene rings is 1. The average Bonchev–Trinajstić information content (AvgIpc) is 2.34. The van der Waals surface area contributed by atoms with Gasteiger partial charge in [0.05, 0.1) is 10.4 Å². The SMILES string of the molecule is Cc1cc(C)cc(C(=O)OC[C@H](Br)C[C@H](F)C=O)c1. The van der Waals surface area contributed by atoms with Crippen molar-refractivity contribution in [2.75, 3.05) is 6.61 Å². The van der Waals surface area contributed by atoms with Crippen LogP contribution in [-0.2, 0) is 9.53 Å². The van der Waals surface area contributed by atoms with E-state index in [4.69, 9.17) is 4.74 Å². The molecule has 0 aliphatic rings. The second-order valence-electron chi connectivity index (χ2n) is 4.46. The predicted octanol–water partition coefficient (Wildman–Crippen LogP) is 3.15. The minimum atomic E-state index is -1.54. The Morgan fingerprint density at radius 2 is 1.95 bits per heavy atom. The van der Waals surface area contributed by atoms with Gasteiger partial charge in [-0.1, -0.05) is 33.1 Å². The minimum absolute atomic E-state index is 0.0103. The van der Waals surface area contributed by atoms with Crippen molar-refractivity contribution in [2.24, 2.45) is 0 Å². The van der Waals surface area contributed by atoms with Crippen molar-refractivity contribution in [3.63, 3.8) is 0 Å². The summed E-state index contributed by atoms with van der Waals surface area (Å²) in [6, 6.07) is 5.44. The molecular weight excluding hydrogens is 315 g/mol. The molecule has 0 spiro atoms. The van der Waals surface area contributed by atoms with Gasteiger partial charge in [0, 0.05) is 6.42 Å². The van der Waals surface area contributed by atoms with E-state index in [1.54, 1.807) is 12.1 Å². The van der Waals surface area contributed by atoms with Crippen molar-refractivity contribution in [3.05, 3.63) is 34.9 Å². The highest BCUT2D eigenvalue weighted by Crippen LogP contribution is 2.13. The third-order valence-electron chi connectivity index (χ3n) is 2.48. The molecule has 0 aliphatic carbocycles. The Morgan fingerprint density at radius 1 is 1.37 bits per heavy atom. The van der Waals surface area contributed by atoms with Gasteiger partial charge < -0.3 is 9.53 Å². The van der Waals surface area contributed by atoms with Crippen LogP contribution in [0.5, 0.6) is 0 Å². The molecule has 0 unspecified atom stereocenters. The van der Waals surface area contributed by atoms with E-state index in [0.717, 1.165) is 11.1 Å². The fourth-order valence-electron chi connectivity index (χ4n) is 1.71. The first kappa shape index (κ1) is 15.8. The maximum atomic E-state index is 12.8. The van der Waals surface area contributed by atoms with Gasteiger partial charge in [0.15, 0.2) is 12.5 Å². The Kier molecular flexibility index (Phi) is 6.15. The van der Waals surface area contributed by atoms with E-state index < -0.39 is 12.1 Å². The number of aryl methyl sites for hydroxylation is 2. The zero-order valence-electron chi connectivity index (χ0n) is 10.9. The van der Waals surface area contributed by atoms with E-state index in [2.05, 4.69) is 15.9 Å². The summed E-state index contributed by atoms with van der Waals surface area (Å²) in [5.41, 5.74) is 2.43. The van der Waals surface area contributed by atoms with Gasteiger partial charge in [-0.3, -0.25) is 0 Å². The first-order chi connectivity index (χ1) is 8.92. The van der Waals surface area contributed by atoms with E-state index >= 15 is 0 Å². The van der Waals surface area contributed by atoms with Crippen LogP contribution < -0.4 is 0 Å². The van der Waals surface area contributed by atoms with Gasteiger partial charge in [0.25, 0.3) is 0 Å². The maximum Gasteiger partial charge on any atom is 0.338 e. The van der Waals surface area contributed by atoms with Gasteiger partial charge in [-0.15, -0.1) is 0 Å². The molecule has 0 aliphatic heterocycles. The number of ether oxygens (including phenoxy) is 1. The van der Waals surface area contributed by atoms with Crippen LogP contribution in [0.2, 0.25) is 0 Å². The monoisotopic (exact) mass is 330 g/mol. The molecule has 0 amide bonds. The van der Waals surface area contributed by atoms with Crippen LogP contribution in [0.4, 0.5) is 4.39 Å². The number of esters is 1. The molecule has 0 aromatic heterocycles.